The number of hydrogen-bond acceptors (Lipinski definition) is 7. The number of phenolic OH excluding ortho intramolecular Hbond substituents is 1. The highest BCUT2D eigenvalue weighted by atomic mass is 19.1. The van der Waals surface area contributed by atoms with Gasteiger partial charge in [-0.05, 0) is 62.6 Å². The van der Waals surface area contributed by atoms with Crippen LogP contribution in [0.5, 0.6) is 5.75 Å². The minimum atomic E-state index is -0.660. The number of carbonyl (C=O) groups excluding carboxylic acids is 1. The maximum atomic E-state index is 15.9. The minimum absolute atomic E-state index is 0.0252. The molecule has 4 heterocycles. The number of anilines is 1. The van der Waals surface area contributed by atoms with Gasteiger partial charge in [0.05, 0.1) is 16.8 Å². The predicted molar refractivity (Wildman–Crippen MR) is 157 cm³/mol. The molecule has 0 saturated carbocycles. The molecule has 1 atom stereocenters. The Morgan fingerprint density at radius 1 is 1.17 bits per heavy atom. The number of amides is 1. The van der Waals surface area contributed by atoms with E-state index in [0.717, 1.165) is 11.1 Å². The fourth-order valence-corrected chi connectivity index (χ4v) is 5.44. The van der Waals surface area contributed by atoms with E-state index >= 15 is 4.39 Å². The third-order valence-electron chi connectivity index (χ3n) is 7.52. The number of fused-ring (bicyclic) bond motifs is 1. The number of aromatic nitrogens is 4. The number of carbonyl (C=O) groups is 1. The first-order valence-corrected chi connectivity index (χ1v) is 13.6. The molecule has 5 rings (SSSR count). The first kappa shape index (κ1) is 27.9. The summed E-state index contributed by atoms with van der Waals surface area (Å²) in [6, 6.07) is 7.79. The minimum Gasteiger partial charge on any atom is -0.507 e. The van der Waals surface area contributed by atoms with Crippen LogP contribution in [0.15, 0.2) is 54.0 Å². The Morgan fingerprint density at radius 3 is 2.61 bits per heavy atom. The molecule has 0 unspecified atom stereocenters. The molecule has 3 aromatic heterocycles. The van der Waals surface area contributed by atoms with E-state index in [9.17, 15) is 14.7 Å². The normalized spacial score (nSPS) is 15.5. The van der Waals surface area contributed by atoms with Gasteiger partial charge in [-0.2, -0.15) is 4.98 Å². The molecule has 10 heteroatoms. The maximum absolute atomic E-state index is 15.9. The van der Waals surface area contributed by atoms with E-state index < -0.39 is 11.5 Å². The van der Waals surface area contributed by atoms with Gasteiger partial charge in [0.1, 0.15) is 17.3 Å². The largest absolute Gasteiger partial charge is 0.507 e. The third kappa shape index (κ3) is 4.94. The monoisotopic (exact) mass is 556 g/mol. The maximum Gasteiger partial charge on any atom is 0.355 e. The molecule has 9 nitrogen and oxygen atoms in total. The summed E-state index contributed by atoms with van der Waals surface area (Å²) in [5.74, 6) is -0.692. The summed E-state index contributed by atoms with van der Waals surface area (Å²) in [7, 11) is 0. The molecule has 1 N–H and O–H groups in total. The zero-order valence-electron chi connectivity index (χ0n) is 23.8. The molecule has 1 aromatic carbocycles. The van der Waals surface area contributed by atoms with Crippen molar-refractivity contribution in [2.75, 3.05) is 24.5 Å². The number of piperazine rings is 1. The van der Waals surface area contributed by atoms with E-state index in [1.54, 1.807) is 23.2 Å². The van der Waals surface area contributed by atoms with Gasteiger partial charge < -0.3 is 14.9 Å². The third-order valence-corrected chi connectivity index (χ3v) is 7.52. The molecule has 0 spiro atoms. The number of aromatic hydroxyl groups is 1. The van der Waals surface area contributed by atoms with Gasteiger partial charge in [0, 0.05) is 37.4 Å². The number of pyridine rings is 2. The van der Waals surface area contributed by atoms with E-state index in [0.29, 0.717) is 42.2 Å². The Labute approximate surface area is 237 Å². The van der Waals surface area contributed by atoms with Crippen molar-refractivity contribution in [1.29, 1.82) is 0 Å². The highest BCUT2D eigenvalue weighted by Crippen LogP contribution is 2.36. The lowest BCUT2D eigenvalue weighted by atomic mass is 10.0. The fraction of sp³-hybridized carbons (Fsp3) is 0.323. The van der Waals surface area contributed by atoms with Crippen molar-refractivity contribution in [2.45, 2.75) is 46.6 Å². The SMILES string of the molecule is C=CC(=O)N1CCN(c2nc(=O)n(-c3c(C)ccnc3C(C)C)c3nc(-c4cc(C)ccc4O)c(F)cc23)[C@@H](C)C1. The first-order valence-electron chi connectivity index (χ1n) is 13.6. The summed E-state index contributed by atoms with van der Waals surface area (Å²) in [6.45, 7) is 14.4. The molecule has 1 aliphatic rings. The van der Waals surface area contributed by atoms with Crippen LogP contribution in [0.4, 0.5) is 10.2 Å². The lowest BCUT2D eigenvalue weighted by Gasteiger charge is -2.40. The second-order valence-electron chi connectivity index (χ2n) is 10.8. The summed E-state index contributed by atoms with van der Waals surface area (Å²) in [4.78, 5) is 43.5. The summed E-state index contributed by atoms with van der Waals surface area (Å²) in [5, 5.41) is 11.0. The van der Waals surface area contributed by atoms with Gasteiger partial charge in [-0.3, -0.25) is 9.78 Å². The molecule has 1 saturated heterocycles. The van der Waals surface area contributed by atoms with E-state index in [4.69, 9.17) is 4.98 Å². The molecule has 0 bridgehead atoms. The van der Waals surface area contributed by atoms with Crippen LogP contribution in [-0.2, 0) is 4.79 Å². The summed E-state index contributed by atoms with van der Waals surface area (Å²) in [6.07, 6.45) is 2.97. The van der Waals surface area contributed by atoms with Crippen molar-refractivity contribution < 1.29 is 14.3 Å². The Balaban J connectivity index is 1.82. The van der Waals surface area contributed by atoms with Gasteiger partial charge in [0.25, 0.3) is 0 Å². The molecule has 0 aliphatic carbocycles. The summed E-state index contributed by atoms with van der Waals surface area (Å²) in [5.41, 5.74) is 2.59. The number of benzene rings is 1. The number of hydrogen-bond donors (Lipinski definition) is 1. The van der Waals surface area contributed by atoms with Gasteiger partial charge in [-0.15, -0.1) is 0 Å². The molecule has 41 heavy (non-hydrogen) atoms. The van der Waals surface area contributed by atoms with Gasteiger partial charge in [-0.25, -0.2) is 18.7 Å². The molecule has 212 valence electrons. The van der Waals surface area contributed by atoms with E-state index in [1.165, 1.54) is 22.8 Å². The van der Waals surface area contributed by atoms with Crippen molar-refractivity contribution in [2.24, 2.45) is 0 Å². The number of halogens is 1. The average molecular weight is 557 g/mol. The Hall–Kier alpha value is -4.60. The number of phenols is 1. The van der Waals surface area contributed by atoms with E-state index in [-0.39, 0.29) is 40.5 Å². The standard InChI is InChI=1S/C31H33FN6O3/c1-7-25(40)36-12-13-37(20(6)16-36)29-22-15-23(32)27(21-14-18(4)8-9-24(21)39)34-30(22)38(31(41)35-29)28-19(5)10-11-33-26(28)17(2)3/h7-11,14-15,17,20,39H,1,12-13,16H2,2-6H3/t20-/m0/s1. The molecule has 0 radical (unpaired) electrons. The molecule has 4 aromatic rings. The zero-order valence-corrected chi connectivity index (χ0v) is 23.8. The predicted octanol–water partition coefficient (Wildman–Crippen LogP) is 4.65. The second kappa shape index (κ2) is 10.8. The van der Waals surface area contributed by atoms with Crippen molar-refractivity contribution in [3.8, 4) is 22.7 Å². The summed E-state index contributed by atoms with van der Waals surface area (Å²) < 4.78 is 17.3. The number of nitrogens with zero attached hydrogens (tertiary/aromatic N) is 6. The Morgan fingerprint density at radius 2 is 1.93 bits per heavy atom. The number of aryl methyl sites for hydroxylation is 2. The Kier molecular flexibility index (Phi) is 7.33. The van der Waals surface area contributed by atoms with Crippen LogP contribution in [0.1, 0.15) is 43.5 Å². The van der Waals surface area contributed by atoms with Crippen LogP contribution < -0.4 is 10.6 Å². The average Bonchev–Trinajstić information content (AvgIpc) is 2.94. The topological polar surface area (TPSA) is 104 Å². The van der Waals surface area contributed by atoms with Crippen LogP contribution in [0, 0.1) is 19.7 Å². The number of rotatable bonds is 5. The van der Waals surface area contributed by atoms with Crippen molar-refractivity contribution >= 4 is 22.8 Å². The molecule has 1 aliphatic heterocycles. The summed E-state index contributed by atoms with van der Waals surface area (Å²) >= 11 is 0. The van der Waals surface area contributed by atoms with Crippen molar-refractivity contribution in [3.05, 3.63) is 82.3 Å². The smallest absolute Gasteiger partial charge is 0.355 e. The quantitative estimate of drug-likeness (QED) is 0.357. The van der Waals surface area contributed by atoms with Crippen LogP contribution in [0.2, 0.25) is 0 Å². The van der Waals surface area contributed by atoms with E-state index in [1.807, 2.05) is 45.6 Å². The Bertz CT molecular complexity index is 1750. The second-order valence-corrected chi connectivity index (χ2v) is 10.8. The molecule has 1 fully saturated rings. The molecule has 1 amide bonds. The van der Waals surface area contributed by atoms with Gasteiger partial charge in [0.15, 0.2) is 11.5 Å². The highest BCUT2D eigenvalue weighted by molar-refractivity contribution is 5.91. The lowest BCUT2D eigenvalue weighted by molar-refractivity contribution is -0.126. The zero-order chi connectivity index (χ0) is 29.6. The lowest BCUT2D eigenvalue weighted by Crippen LogP contribution is -2.54. The molecular weight excluding hydrogens is 523 g/mol. The van der Waals surface area contributed by atoms with Crippen LogP contribution in [0.3, 0.4) is 0 Å². The van der Waals surface area contributed by atoms with Gasteiger partial charge in [-0.1, -0.05) is 32.1 Å². The van der Waals surface area contributed by atoms with Crippen LogP contribution in [-0.4, -0.2) is 61.1 Å². The van der Waals surface area contributed by atoms with Crippen molar-refractivity contribution in [1.82, 2.24) is 24.4 Å². The van der Waals surface area contributed by atoms with Crippen LogP contribution in [0.25, 0.3) is 28.0 Å². The molecular formula is C31H33FN6O3. The first-order chi connectivity index (χ1) is 19.5. The highest BCUT2D eigenvalue weighted by Gasteiger charge is 2.30. The van der Waals surface area contributed by atoms with Crippen molar-refractivity contribution in [3.63, 3.8) is 0 Å². The van der Waals surface area contributed by atoms with Crippen LogP contribution >= 0.6 is 0 Å². The van der Waals surface area contributed by atoms with E-state index in [2.05, 4.69) is 16.5 Å². The van der Waals surface area contributed by atoms with Gasteiger partial charge in [0.2, 0.25) is 5.91 Å². The fourth-order valence-electron chi connectivity index (χ4n) is 5.44. The van der Waals surface area contributed by atoms with Gasteiger partial charge >= 0.3 is 5.69 Å².